The summed E-state index contributed by atoms with van der Waals surface area (Å²) in [4.78, 5) is 10.6. The molecule has 340 valence electrons. The van der Waals surface area contributed by atoms with Gasteiger partial charge in [0.05, 0.1) is 48.4 Å². The molecule has 66 heavy (non-hydrogen) atoms. The number of methoxy groups -OCH3 is 2. The second-order valence-corrected chi connectivity index (χ2v) is 16.9. The van der Waals surface area contributed by atoms with Gasteiger partial charge in [-0.3, -0.25) is 9.35 Å². The Morgan fingerprint density at radius 2 is 1.32 bits per heavy atom. The molecule has 0 aromatic heterocycles. The molecule has 6 rings (SSSR count). The number of hydrogen-bond donors (Lipinski definition) is 2. The molecule has 4 aromatic rings. The lowest BCUT2D eigenvalue weighted by molar-refractivity contribution is 0.112. The molecule has 0 radical (unpaired) electrons. The van der Waals surface area contributed by atoms with Crippen molar-refractivity contribution in [3.63, 3.8) is 0 Å². The summed E-state index contributed by atoms with van der Waals surface area (Å²) < 4.78 is 47.5. The predicted octanol–water partition coefficient (Wildman–Crippen LogP) is 14.7. The number of benzene rings is 4. The molecule has 0 heterocycles. The molecule has 16 heteroatoms. The number of azo groups is 4. The van der Waals surface area contributed by atoms with Crippen molar-refractivity contribution >= 4 is 56.2 Å². The van der Waals surface area contributed by atoms with E-state index in [0.717, 1.165) is 52.8 Å². The van der Waals surface area contributed by atoms with Crippen LogP contribution in [0.4, 0.5) is 39.8 Å². The number of aldehydes is 1. The molecule has 1 atom stereocenters. The largest absolute Gasteiger partial charge is 0.494 e. The van der Waals surface area contributed by atoms with E-state index in [1.807, 2.05) is 77.1 Å². The van der Waals surface area contributed by atoms with Crippen LogP contribution in [-0.2, 0) is 16.5 Å². The first-order valence-corrected chi connectivity index (χ1v) is 22.9. The van der Waals surface area contributed by atoms with Crippen molar-refractivity contribution in [2.24, 2.45) is 46.8 Å². The van der Waals surface area contributed by atoms with Crippen molar-refractivity contribution in [2.75, 3.05) is 14.2 Å². The molecule has 0 amide bonds. The lowest BCUT2D eigenvalue weighted by Crippen LogP contribution is -2.15. The van der Waals surface area contributed by atoms with Gasteiger partial charge in [0.15, 0.2) is 0 Å². The summed E-state index contributed by atoms with van der Waals surface area (Å²) in [5, 5.41) is 39.1. The van der Waals surface area contributed by atoms with E-state index in [4.69, 9.17) is 9.47 Å². The van der Waals surface area contributed by atoms with E-state index < -0.39 is 10.1 Å². The number of aryl methyl sites for hydroxylation is 4. The quantitative estimate of drug-likeness (QED) is 0.0596. The van der Waals surface area contributed by atoms with Crippen LogP contribution in [0, 0.1) is 26.7 Å². The Hall–Kier alpha value is -7.30. The second kappa shape index (κ2) is 22.1. The summed E-state index contributed by atoms with van der Waals surface area (Å²) in [5.74, 6) is 0.631. The number of rotatable bonds is 17. The Labute approximate surface area is 385 Å². The van der Waals surface area contributed by atoms with Gasteiger partial charge in [-0.05, 0) is 153 Å². The van der Waals surface area contributed by atoms with E-state index in [2.05, 4.69) is 58.4 Å². The number of carbonyl (C=O) groups excluding carboxylic acids is 1. The molecule has 0 saturated carbocycles. The fourth-order valence-corrected chi connectivity index (χ4v) is 7.65. The van der Waals surface area contributed by atoms with Gasteiger partial charge in [0, 0.05) is 29.1 Å². The SMILES string of the molecule is CC/C(N=Nc1cc(CC)c(N=Nc2cc(C)c(N=Nc3cc(C)c(N=Nc4ccc(C=O)cc4)cc3C)cc2OC)cc1OC)=C(\C=C1\C=C(NC2=CCCC=C2)C=CC1C)S(=O)(=O)O. The zero-order valence-electron chi connectivity index (χ0n) is 38.3. The summed E-state index contributed by atoms with van der Waals surface area (Å²) in [6.07, 6.45) is 16.9. The van der Waals surface area contributed by atoms with Crippen LogP contribution in [0.5, 0.6) is 11.5 Å². The molecule has 1 unspecified atom stereocenters. The maximum absolute atomic E-state index is 12.9. The number of nitrogens with zero attached hydrogens (tertiary/aromatic N) is 8. The van der Waals surface area contributed by atoms with Crippen LogP contribution in [0.1, 0.15) is 72.6 Å². The third-order valence-corrected chi connectivity index (χ3v) is 11.7. The molecule has 2 N–H and O–H groups in total. The van der Waals surface area contributed by atoms with Gasteiger partial charge < -0.3 is 14.8 Å². The zero-order chi connectivity index (χ0) is 47.4. The maximum atomic E-state index is 12.9. The summed E-state index contributed by atoms with van der Waals surface area (Å²) in [6.45, 7) is 11.4. The minimum atomic E-state index is -4.70. The average Bonchev–Trinajstić information content (AvgIpc) is 3.31. The molecule has 0 fully saturated rings. The fourth-order valence-electron chi connectivity index (χ4n) is 6.89. The van der Waals surface area contributed by atoms with Crippen LogP contribution in [0.15, 0.2) is 172 Å². The highest BCUT2D eigenvalue weighted by molar-refractivity contribution is 7.90. The van der Waals surface area contributed by atoms with Gasteiger partial charge in [-0.15, -0.1) is 10.2 Å². The van der Waals surface area contributed by atoms with E-state index in [-0.39, 0.29) is 22.9 Å². The van der Waals surface area contributed by atoms with E-state index in [1.54, 1.807) is 49.4 Å². The molecular weight excluding hydrogens is 855 g/mol. The monoisotopic (exact) mass is 907 g/mol. The zero-order valence-corrected chi connectivity index (χ0v) is 39.1. The number of nitrogens with one attached hydrogen (secondary N) is 1. The first-order chi connectivity index (χ1) is 31.7. The van der Waals surface area contributed by atoms with Crippen molar-refractivity contribution in [3.05, 3.63) is 159 Å². The summed E-state index contributed by atoms with van der Waals surface area (Å²) in [7, 11) is -1.67. The topological polar surface area (TPSA) is 201 Å². The standard InChI is InChI=1S/C50H53N9O6S/c1-9-36-26-47(59-53-41(10-2)50(66(61,62)63)27-37-25-40(19-16-31(37)3)51-38-14-12-11-13-15-38)49(65-8)29-45(36)57-58-46-24-34(6)44(28-48(46)64-7)56-55-43-23-32(4)42(22-33(43)5)54-52-39-20-17-35(30-60)18-21-39/h12,14-31,51H,9-11,13H2,1-8H3,(H,61,62,63)/b37-27-,50-41-,54-52?,56-55?,58-57?,59-53?. The van der Waals surface area contributed by atoms with Crippen molar-refractivity contribution in [2.45, 2.75) is 67.2 Å². The molecule has 2 aliphatic rings. The molecule has 0 bridgehead atoms. The Bertz CT molecular complexity index is 2920. The Morgan fingerprint density at radius 1 is 0.742 bits per heavy atom. The van der Waals surface area contributed by atoms with E-state index >= 15 is 0 Å². The number of allylic oxidation sites excluding steroid dienone is 9. The van der Waals surface area contributed by atoms with Gasteiger partial charge in [0.25, 0.3) is 10.1 Å². The Balaban J connectivity index is 1.23. The van der Waals surface area contributed by atoms with Crippen molar-refractivity contribution in [1.82, 2.24) is 5.32 Å². The average molecular weight is 908 g/mol. The van der Waals surface area contributed by atoms with Gasteiger partial charge in [-0.2, -0.15) is 39.1 Å². The number of hydrogen-bond acceptors (Lipinski definition) is 14. The molecule has 4 aromatic carbocycles. The normalized spacial score (nSPS) is 16.4. The van der Waals surface area contributed by atoms with Crippen LogP contribution in [0.3, 0.4) is 0 Å². The number of carbonyl (C=O) groups is 1. The molecule has 15 nitrogen and oxygen atoms in total. The maximum Gasteiger partial charge on any atom is 0.296 e. The highest BCUT2D eigenvalue weighted by atomic mass is 32.2. The van der Waals surface area contributed by atoms with E-state index in [0.29, 0.717) is 68.9 Å². The van der Waals surface area contributed by atoms with Crippen LogP contribution in [-0.4, -0.2) is 33.5 Å². The number of ether oxygens (including phenoxy) is 2. The lowest BCUT2D eigenvalue weighted by atomic mass is 9.94. The van der Waals surface area contributed by atoms with Crippen molar-refractivity contribution < 1.29 is 27.2 Å². The van der Waals surface area contributed by atoms with Gasteiger partial charge >= 0.3 is 0 Å². The Morgan fingerprint density at radius 3 is 1.89 bits per heavy atom. The molecule has 0 spiro atoms. The summed E-state index contributed by atoms with van der Waals surface area (Å²) >= 11 is 0. The third kappa shape index (κ3) is 12.3. The summed E-state index contributed by atoms with van der Waals surface area (Å²) in [5.41, 5.74) is 10.3. The van der Waals surface area contributed by atoms with Gasteiger partial charge in [-0.25, -0.2) is 0 Å². The van der Waals surface area contributed by atoms with Crippen LogP contribution < -0.4 is 14.8 Å². The highest BCUT2D eigenvalue weighted by Gasteiger charge is 2.21. The highest BCUT2D eigenvalue weighted by Crippen LogP contribution is 2.41. The van der Waals surface area contributed by atoms with Crippen LogP contribution >= 0.6 is 0 Å². The first kappa shape index (κ1) is 48.2. The molecular formula is C50H53N9O6S. The lowest BCUT2D eigenvalue weighted by Gasteiger charge is -2.19. The molecule has 0 aliphatic heterocycles. The fraction of sp³-hybridized carbons (Fsp3) is 0.260. The third-order valence-electron chi connectivity index (χ3n) is 10.8. The summed E-state index contributed by atoms with van der Waals surface area (Å²) in [6, 6.07) is 17.7. The van der Waals surface area contributed by atoms with E-state index in [9.17, 15) is 17.8 Å². The van der Waals surface area contributed by atoms with Crippen LogP contribution in [0.25, 0.3) is 0 Å². The minimum absolute atomic E-state index is 0.0731. The van der Waals surface area contributed by atoms with Crippen LogP contribution in [0.2, 0.25) is 0 Å². The van der Waals surface area contributed by atoms with Gasteiger partial charge in [-0.1, -0.05) is 39.0 Å². The smallest absolute Gasteiger partial charge is 0.296 e. The van der Waals surface area contributed by atoms with E-state index in [1.165, 1.54) is 20.3 Å². The van der Waals surface area contributed by atoms with Gasteiger partial charge in [0.1, 0.15) is 34.1 Å². The van der Waals surface area contributed by atoms with Gasteiger partial charge in [0.2, 0.25) is 0 Å². The van der Waals surface area contributed by atoms with Crippen molar-refractivity contribution in [3.8, 4) is 11.5 Å². The predicted molar refractivity (Wildman–Crippen MR) is 258 cm³/mol. The molecule has 2 aliphatic carbocycles. The molecule has 0 saturated heterocycles. The second-order valence-electron chi connectivity index (χ2n) is 15.5. The van der Waals surface area contributed by atoms with Crippen molar-refractivity contribution in [1.29, 1.82) is 0 Å². The minimum Gasteiger partial charge on any atom is -0.494 e. The first-order valence-electron chi connectivity index (χ1n) is 21.4. The Kier molecular flexibility index (Phi) is 16.1.